The molecule has 0 aliphatic heterocycles. The van der Waals surface area contributed by atoms with E-state index in [0.717, 1.165) is 16.7 Å². The number of nitrogens with zero attached hydrogens (tertiary/aromatic N) is 1. The van der Waals surface area contributed by atoms with Crippen molar-refractivity contribution in [3.63, 3.8) is 0 Å². The van der Waals surface area contributed by atoms with Crippen molar-refractivity contribution in [2.24, 2.45) is 0 Å². The van der Waals surface area contributed by atoms with E-state index >= 15 is 0 Å². The molecule has 0 spiro atoms. The van der Waals surface area contributed by atoms with Crippen molar-refractivity contribution in [3.05, 3.63) is 59.2 Å². The summed E-state index contributed by atoms with van der Waals surface area (Å²) in [6.07, 6.45) is 0. The molecule has 0 aliphatic rings. The molecular formula is C21H28N2O3S. The molecular weight excluding hydrogens is 360 g/mol. The number of aryl methyl sites for hydroxylation is 3. The second-order valence-corrected chi connectivity index (χ2v) is 9.78. The lowest BCUT2D eigenvalue weighted by atomic mass is 10.1. The van der Waals surface area contributed by atoms with E-state index in [1.807, 2.05) is 53.7 Å². The average Bonchev–Trinajstić information content (AvgIpc) is 2.54. The van der Waals surface area contributed by atoms with Gasteiger partial charge in [-0.3, -0.25) is 9.10 Å². The van der Waals surface area contributed by atoms with Gasteiger partial charge in [-0.1, -0.05) is 29.8 Å². The maximum atomic E-state index is 13.4. The number of amides is 1. The molecule has 2 aromatic carbocycles. The second-order valence-electron chi connectivity index (χ2n) is 7.91. The minimum Gasteiger partial charge on any atom is -0.350 e. The van der Waals surface area contributed by atoms with Crippen molar-refractivity contribution < 1.29 is 13.2 Å². The van der Waals surface area contributed by atoms with Gasteiger partial charge in [0.2, 0.25) is 5.91 Å². The first-order valence-electron chi connectivity index (χ1n) is 8.88. The molecule has 146 valence electrons. The number of anilines is 1. The first-order chi connectivity index (χ1) is 12.4. The van der Waals surface area contributed by atoms with Gasteiger partial charge in [-0.25, -0.2) is 8.42 Å². The molecule has 0 aliphatic carbocycles. The molecule has 2 aromatic rings. The van der Waals surface area contributed by atoms with Gasteiger partial charge >= 0.3 is 0 Å². The van der Waals surface area contributed by atoms with E-state index < -0.39 is 15.6 Å². The van der Waals surface area contributed by atoms with E-state index in [-0.39, 0.29) is 17.3 Å². The summed E-state index contributed by atoms with van der Waals surface area (Å²) in [6.45, 7) is 10.9. The quantitative estimate of drug-likeness (QED) is 0.849. The Kier molecular flexibility index (Phi) is 6.00. The van der Waals surface area contributed by atoms with Crippen LogP contribution in [0.5, 0.6) is 0 Å². The molecule has 2 rings (SSSR count). The van der Waals surface area contributed by atoms with Gasteiger partial charge in [-0.05, 0) is 70.9 Å². The summed E-state index contributed by atoms with van der Waals surface area (Å²) < 4.78 is 27.9. The highest BCUT2D eigenvalue weighted by atomic mass is 32.2. The highest BCUT2D eigenvalue weighted by Crippen LogP contribution is 2.28. The van der Waals surface area contributed by atoms with Gasteiger partial charge in [0.25, 0.3) is 10.0 Å². The van der Waals surface area contributed by atoms with E-state index in [0.29, 0.717) is 5.69 Å². The molecule has 6 heteroatoms. The zero-order chi connectivity index (χ0) is 20.4. The largest absolute Gasteiger partial charge is 0.350 e. The summed E-state index contributed by atoms with van der Waals surface area (Å²) in [6, 6.07) is 12.2. The molecule has 0 unspecified atom stereocenters. The number of sulfonamides is 1. The van der Waals surface area contributed by atoms with Crippen LogP contribution in [0.4, 0.5) is 5.69 Å². The third kappa shape index (κ3) is 5.32. The molecule has 0 atom stereocenters. The Labute approximate surface area is 162 Å². The Morgan fingerprint density at radius 1 is 0.963 bits per heavy atom. The number of carbonyl (C=O) groups excluding carboxylic acids is 1. The summed E-state index contributed by atoms with van der Waals surface area (Å²) in [5.41, 5.74) is 2.76. The van der Waals surface area contributed by atoms with Crippen LogP contribution in [-0.4, -0.2) is 26.4 Å². The van der Waals surface area contributed by atoms with Gasteiger partial charge in [0.15, 0.2) is 0 Å². The number of nitrogens with one attached hydrogen (secondary N) is 1. The van der Waals surface area contributed by atoms with Crippen LogP contribution in [0.1, 0.15) is 37.5 Å². The second kappa shape index (κ2) is 7.72. The molecule has 0 saturated carbocycles. The van der Waals surface area contributed by atoms with Crippen molar-refractivity contribution in [2.75, 3.05) is 10.8 Å². The predicted octanol–water partition coefficient (Wildman–Crippen LogP) is 3.72. The molecule has 5 nitrogen and oxygen atoms in total. The highest BCUT2D eigenvalue weighted by Gasteiger charge is 2.29. The van der Waals surface area contributed by atoms with E-state index in [4.69, 9.17) is 0 Å². The zero-order valence-corrected chi connectivity index (χ0v) is 17.6. The fraction of sp³-hybridized carbons (Fsp3) is 0.381. The number of carbonyl (C=O) groups is 1. The van der Waals surface area contributed by atoms with Crippen LogP contribution in [-0.2, 0) is 14.8 Å². The van der Waals surface area contributed by atoms with E-state index in [1.54, 1.807) is 30.3 Å². The lowest BCUT2D eigenvalue weighted by Gasteiger charge is -2.28. The Hall–Kier alpha value is -2.34. The highest BCUT2D eigenvalue weighted by molar-refractivity contribution is 7.92. The lowest BCUT2D eigenvalue weighted by Crippen LogP contribution is -2.47. The first-order valence-corrected chi connectivity index (χ1v) is 10.3. The third-order valence-corrected chi connectivity index (χ3v) is 5.82. The topological polar surface area (TPSA) is 66.5 Å². The number of benzene rings is 2. The molecule has 27 heavy (non-hydrogen) atoms. The third-order valence-electron chi connectivity index (χ3n) is 4.04. The molecule has 0 fully saturated rings. The van der Waals surface area contributed by atoms with Crippen LogP contribution < -0.4 is 9.62 Å². The minimum atomic E-state index is -3.89. The van der Waals surface area contributed by atoms with E-state index in [2.05, 4.69) is 5.32 Å². The van der Waals surface area contributed by atoms with Crippen LogP contribution in [0.15, 0.2) is 47.4 Å². The van der Waals surface area contributed by atoms with Crippen molar-refractivity contribution in [3.8, 4) is 0 Å². The Morgan fingerprint density at radius 3 is 2.07 bits per heavy atom. The summed E-state index contributed by atoms with van der Waals surface area (Å²) in [5, 5.41) is 2.84. The number of rotatable bonds is 5. The van der Waals surface area contributed by atoms with Crippen molar-refractivity contribution >= 4 is 21.6 Å². The summed E-state index contributed by atoms with van der Waals surface area (Å²) >= 11 is 0. The van der Waals surface area contributed by atoms with Crippen molar-refractivity contribution in [2.45, 2.75) is 52.0 Å². The van der Waals surface area contributed by atoms with Gasteiger partial charge < -0.3 is 5.32 Å². The van der Waals surface area contributed by atoms with E-state index in [1.165, 1.54) is 4.31 Å². The maximum Gasteiger partial charge on any atom is 0.264 e. The van der Waals surface area contributed by atoms with Crippen LogP contribution >= 0.6 is 0 Å². The monoisotopic (exact) mass is 388 g/mol. The average molecular weight is 389 g/mol. The van der Waals surface area contributed by atoms with Crippen LogP contribution in [0.3, 0.4) is 0 Å². The normalized spacial score (nSPS) is 11.9. The SMILES string of the molecule is Cc1ccc(S(=O)(=O)N(CC(=O)NC(C)(C)C)c2cc(C)ccc2C)cc1. The van der Waals surface area contributed by atoms with Crippen molar-refractivity contribution in [1.82, 2.24) is 5.32 Å². The van der Waals surface area contributed by atoms with Gasteiger partial charge in [-0.2, -0.15) is 0 Å². The van der Waals surface area contributed by atoms with Gasteiger partial charge in [0.05, 0.1) is 10.6 Å². The van der Waals surface area contributed by atoms with Crippen LogP contribution in [0.25, 0.3) is 0 Å². The van der Waals surface area contributed by atoms with Crippen molar-refractivity contribution in [1.29, 1.82) is 0 Å². The fourth-order valence-corrected chi connectivity index (χ4v) is 4.19. The first kappa shape index (κ1) is 21.0. The molecule has 1 amide bonds. The standard InChI is InChI=1S/C21H28N2O3S/c1-15-8-11-18(12-9-15)27(25,26)23(14-20(24)22-21(4,5)6)19-13-16(2)7-10-17(19)3/h7-13H,14H2,1-6H3,(H,22,24). The predicted molar refractivity (Wildman–Crippen MR) is 110 cm³/mol. The summed E-state index contributed by atoms with van der Waals surface area (Å²) in [5.74, 6) is -0.348. The Morgan fingerprint density at radius 2 is 1.52 bits per heavy atom. The minimum absolute atomic E-state index is 0.164. The van der Waals surface area contributed by atoms with E-state index in [9.17, 15) is 13.2 Å². The molecule has 1 N–H and O–H groups in total. The molecule has 0 radical (unpaired) electrons. The zero-order valence-electron chi connectivity index (χ0n) is 16.8. The Balaban J connectivity index is 2.53. The van der Waals surface area contributed by atoms with Crippen LogP contribution in [0, 0.1) is 20.8 Å². The van der Waals surface area contributed by atoms with Gasteiger partial charge in [0.1, 0.15) is 6.54 Å². The number of hydrogen-bond donors (Lipinski definition) is 1. The summed E-state index contributed by atoms with van der Waals surface area (Å²) in [4.78, 5) is 12.7. The molecule has 0 aromatic heterocycles. The molecule has 0 saturated heterocycles. The maximum absolute atomic E-state index is 13.4. The fourth-order valence-electron chi connectivity index (χ4n) is 2.71. The van der Waals surface area contributed by atoms with Gasteiger partial charge in [-0.15, -0.1) is 0 Å². The van der Waals surface area contributed by atoms with Gasteiger partial charge in [0, 0.05) is 5.54 Å². The lowest BCUT2D eigenvalue weighted by molar-refractivity contribution is -0.121. The Bertz CT molecular complexity index is 927. The smallest absolute Gasteiger partial charge is 0.264 e. The molecule has 0 heterocycles. The van der Waals surface area contributed by atoms with Crippen LogP contribution in [0.2, 0.25) is 0 Å². The summed E-state index contributed by atoms with van der Waals surface area (Å²) in [7, 11) is -3.89. The number of hydrogen-bond acceptors (Lipinski definition) is 3. The molecule has 0 bridgehead atoms.